The van der Waals surface area contributed by atoms with Crippen molar-refractivity contribution in [1.82, 2.24) is 15.8 Å². The van der Waals surface area contributed by atoms with E-state index in [0.29, 0.717) is 6.42 Å². The zero-order chi connectivity index (χ0) is 12.3. The van der Waals surface area contributed by atoms with Crippen LogP contribution in [0.5, 0.6) is 0 Å². The highest BCUT2D eigenvalue weighted by Gasteiger charge is 2.18. The molecule has 0 radical (unpaired) electrons. The number of piperidine rings is 1. The first-order valence-corrected chi connectivity index (χ1v) is 6.08. The molecule has 17 heavy (non-hydrogen) atoms. The van der Waals surface area contributed by atoms with E-state index in [0.717, 1.165) is 42.9 Å². The van der Waals surface area contributed by atoms with E-state index < -0.39 is 0 Å². The summed E-state index contributed by atoms with van der Waals surface area (Å²) in [5, 5.41) is 10.2. The van der Waals surface area contributed by atoms with Crippen molar-refractivity contribution >= 4 is 5.91 Å². The topological polar surface area (TPSA) is 67.2 Å². The van der Waals surface area contributed by atoms with Crippen LogP contribution in [0.15, 0.2) is 4.52 Å². The van der Waals surface area contributed by atoms with Crippen LogP contribution >= 0.6 is 0 Å². The van der Waals surface area contributed by atoms with E-state index in [1.165, 1.54) is 0 Å². The van der Waals surface area contributed by atoms with Crippen LogP contribution in [-0.4, -0.2) is 30.2 Å². The summed E-state index contributed by atoms with van der Waals surface area (Å²) in [6.07, 6.45) is 2.54. The summed E-state index contributed by atoms with van der Waals surface area (Å²) in [6.45, 7) is 5.62. The minimum atomic E-state index is 0.0492. The van der Waals surface area contributed by atoms with E-state index in [1.807, 2.05) is 13.8 Å². The first kappa shape index (κ1) is 12.1. The number of aryl methyl sites for hydroxylation is 2. The van der Waals surface area contributed by atoms with Crippen LogP contribution in [0.3, 0.4) is 0 Å². The zero-order valence-corrected chi connectivity index (χ0v) is 10.4. The lowest BCUT2D eigenvalue weighted by molar-refractivity contribution is -0.121. The molecule has 1 aromatic rings. The average Bonchev–Trinajstić information content (AvgIpc) is 2.62. The molecule has 1 aliphatic heterocycles. The molecule has 1 aliphatic rings. The Hall–Kier alpha value is -1.36. The average molecular weight is 237 g/mol. The van der Waals surface area contributed by atoms with Gasteiger partial charge in [0, 0.05) is 18.2 Å². The van der Waals surface area contributed by atoms with Crippen molar-refractivity contribution in [1.29, 1.82) is 0 Å². The number of nitrogens with zero attached hydrogens (tertiary/aromatic N) is 1. The predicted octanol–water partition coefficient (Wildman–Crippen LogP) is 0.702. The Morgan fingerprint density at radius 1 is 1.59 bits per heavy atom. The van der Waals surface area contributed by atoms with Crippen LogP contribution in [0.1, 0.15) is 29.9 Å². The van der Waals surface area contributed by atoms with Crippen LogP contribution in [-0.2, 0) is 11.2 Å². The van der Waals surface area contributed by atoms with Gasteiger partial charge in [-0.2, -0.15) is 0 Å². The first-order chi connectivity index (χ1) is 8.16. The maximum absolute atomic E-state index is 11.9. The normalized spacial score (nSPS) is 20.2. The fraction of sp³-hybridized carbons (Fsp3) is 0.667. The Kier molecular flexibility index (Phi) is 3.78. The van der Waals surface area contributed by atoms with Gasteiger partial charge in [-0.3, -0.25) is 4.79 Å². The minimum absolute atomic E-state index is 0.0492. The lowest BCUT2D eigenvalue weighted by Crippen LogP contribution is -2.46. The number of nitrogens with one attached hydrogen (secondary N) is 2. The van der Waals surface area contributed by atoms with Gasteiger partial charge in [-0.05, 0) is 33.2 Å². The summed E-state index contributed by atoms with van der Waals surface area (Å²) in [7, 11) is 0. The van der Waals surface area contributed by atoms with Gasteiger partial charge in [0.1, 0.15) is 5.76 Å². The zero-order valence-electron chi connectivity index (χ0n) is 10.4. The Bertz CT molecular complexity index is 375. The van der Waals surface area contributed by atoms with Crippen LogP contribution in [0, 0.1) is 13.8 Å². The van der Waals surface area contributed by atoms with Crippen molar-refractivity contribution in [3.8, 4) is 0 Å². The Balaban J connectivity index is 1.88. The van der Waals surface area contributed by atoms with Crippen LogP contribution < -0.4 is 10.6 Å². The molecule has 2 rings (SSSR count). The van der Waals surface area contributed by atoms with Gasteiger partial charge in [-0.15, -0.1) is 0 Å². The molecule has 1 atom stereocenters. The molecular formula is C12H19N3O2. The van der Waals surface area contributed by atoms with Crippen LogP contribution in [0.2, 0.25) is 0 Å². The van der Waals surface area contributed by atoms with Gasteiger partial charge in [-0.1, -0.05) is 5.16 Å². The number of amides is 1. The number of hydrogen-bond donors (Lipinski definition) is 2. The molecule has 0 spiro atoms. The van der Waals surface area contributed by atoms with E-state index in [9.17, 15) is 4.79 Å². The summed E-state index contributed by atoms with van der Waals surface area (Å²) in [5.41, 5.74) is 1.71. The van der Waals surface area contributed by atoms with Crippen molar-refractivity contribution in [2.75, 3.05) is 13.1 Å². The summed E-state index contributed by atoms with van der Waals surface area (Å²) in [5.74, 6) is 0.785. The summed E-state index contributed by atoms with van der Waals surface area (Å²) < 4.78 is 5.04. The smallest absolute Gasteiger partial charge is 0.224 e. The van der Waals surface area contributed by atoms with Crippen molar-refractivity contribution in [2.45, 2.75) is 39.2 Å². The summed E-state index contributed by atoms with van der Waals surface area (Å²) >= 11 is 0. The van der Waals surface area contributed by atoms with Crippen molar-refractivity contribution in [2.24, 2.45) is 0 Å². The van der Waals surface area contributed by atoms with E-state index in [4.69, 9.17) is 4.52 Å². The number of hydrogen-bond acceptors (Lipinski definition) is 4. The molecule has 1 fully saturated rings. The second-order valence-electron chi connectivity index (χ2n) is 4.59. The van der Waals surface area contributed by atoms with E-state index in [1.54, 1.807) is 0 Å². The third-order valence-electron chi connectivity index (χ3n) is 3.18. The molecule has 94 valence electrons. The lowest BCUT2D eigenvalue weighted by Gasteiger charge is -2.23. The minimum Gasteiger partial charge on any atom is -0.361 e. The molecule has 0 saturated carbocycles. The predicted molar refractivity (Wildman–Crippen MR) is 63.7 cm³/mol. The third-order valence-corrected chi connectivity index (χ3v) is 3.18. The van der Waals surface area contributed by atoms with E-state index >= 15 is 0 Å². The SMILES string of the molecule is Cc1noc(C)c1CC(=O)NC1CCCNC1. The fourth-order valence-electron chi connectivity index (χ4n) is 2.17. The molecule has 5 heteroatoms. The Morgan fingerprint density at radius 3 is 3.00 bits per heavy atom. The first-order valence-electron chi connectivity index (χ1n) is 6.08. The van der Waals surface area contributed by atoms with Gasteiger partial charge < -0.3 is 15.2 Å². The Morgan fingerprint density at radius 2 is 2.41 bits per heavy atom. The standard InChI is InChI=1S/C12H19N3O2/c1-8-11(9(2)17-15-8)6-12(16)14-10-4-3-5-13-7-10/h10,13H,3-7H2,1-2H3,(H,14,16). The summed E-state index contributed by atoms with van der Waals surface area (Å²) in [6, 6.07) is 0.261. The van der Waals surface area contributed by atoms with Gasteiger partial charge >= 0.3 is 0 Å². The van der Waals surface area contributed by atoms with Crippen molar-refractivity contribution in [3.63, 3.8) is 0 Å². The van der Waals surface area contributed by atoms with E-state index in [2.05, 4.69) is 15.8 Å². The molecule has 1 saturated heterocycles. The molecular weight excluding hydrogens is 218 g/mol. The second kappa shape index (κ2) is 5.31. The molecule has 1 unspecified atom stereocenters. The highest BCUT2D eigenvalue weighted by Crippen LogP contribution is 2.13. The molecule has 0 bridgehead atoms. The van der Waals surface area contributed by atoms with Crippen molar-refractivity contribution in [3.05, 3.63) is 17.0 Å². The van der Waals surface area contributed by atoms with Gasteiger partial charge in [0.15, 0.2) is 0 Å². The molecule has 2 heterocycles. The van der Waals surface area contributed by atoms with Gasteiger partial charge in [0.05, 0.1) is 12.1 Å². The number of carbonyl (C=O) groups is 1. The third kappa shape index (κ3) is 3.06. The van der Waals surface area contributed by atoms with Crippen molar-refractivity contribution < 1.29 is 9.32 Å². The maximum atomic E-state index is 11.9. The molecule has 0 aromatic carbocycles. The maximum Gasteiger partial charge on any atom is 0.224 e. The van der Waals surface area contributed by atoms with Gasteiger partial charge in [0.2, 0.25) is 5.91 Å². The highest BCUT2D eigenvalue weighted by molar-refractivity contribution is 5.79. The summed E-state index contributed by atoms with van der Waals surface area (Å²) in [4.78, 5) is 11.9. The lowest BCUT2D eigenvalue weighted by atomic mass is 10.1. The quantitative estimate of drug-likeness (QED) is 0.812. The number of rotatable bonds is 3. The largest absolute Gasteiger partial charge is 0.361 e. The van der Waals surface area contributed by atoms with Gasteiger partial charge in [-0.25, -0.2) is 0 Å². The molecule has 1 aromatic heterocycles. The van der Waals surface area contributed by atoms with Gasteiger partial charge in [0.25, 0.3) is 0 Å². The monoisotopic (exact) mass is 237 g/mol. The highest BCUT2D eigenvalue weighted by atomic mass is 16.5. The van der Waals surface area contributed by atoms with E-state index in [-0.39, 0.29) is 11.9 Å². The molecule has 0 aliphatic carbocycles. The number of aromatic nitrogens is 1. The van der Waals surface area contributed by atoms with Crippen LogP contribution in [0.4, 0.5) is 0 Å². The Labute approximate surface area is 101 Å². The second-order valence-corrected chi connectivity index (χ2v) is 4.59. The molecule has 2 N–H and O–H groups in total. The number of carbonyl (C=O) groups excluding carboxylic acids is 1. The fourth-order valence-corrected chi connectivity index (χ4v) is 2.17. The molecule has 5 nitrogen and oxygen atoms in total. The molecule has 1 amide bonds. The van der Waals surface area contributed by atoms with Crippen LogP contribution in [0.25, 0.3) is 0 Å².